The normalized spacial score (nSPS) is 19.2. The Morgan fingerprint density at radius 3 is 2.48 bits per heavy atom. The largest absolute Gasteiger partial charge is 0.480 e. The number of benzene rings is 2. The fourth-order valence-corrected chi connectivity index (χ4v) is 2.39. The van der Waals surface area contributed by atoms with E-state index in [1.54, 1.807) is 30.3 Å². The van der Waals surface area contributed by atoms with E-state index in [4.69, 9.17) is 9.84 Å². The molecule has 2 unspecified atom stereocenters. The molecule has 27 heavy (non-hydrogen) atoms. The molecule has 2 atom stereocenters. The number of halogens is 3. The van der Waals surface area contributed by atoms with Gasteiger partial charge in [0.15, 0.2) is 12.3 Å². The predicted octanol–water partition coefficient (Wildman–Crippen LogP) is 1.88. The highest BCUT2D eigenvalue weighted by Crippen LogP contribution is 2.33. The fourth-order valence-electron chi connectivity index (χ4n) is 2.39. The number of carbonyl (C=O) groups is 1. The summed E-state index contributed by atoms with van der Waals surface area (Å²) in [5, 5.41) is 9.08. The van der Waals surface area contributed by atoms with E-state index < -0.39 is 30.0 Å². The van der Waals surface area contributed by atoms with Crippen LogP contribution in [0, 0.1) is 11.8 Å². The molecule has 1 aliphatic heterocycles. The topological polar surface area (TPSA) is 82.6 Å². The SMILES string of the molecule is O=C(O)C1NNNC1Oc1ccc(C(F)(F)F)c(C#Cc2ccccc2)c1. The highest BCUT2D eigenvalue weighted by Gasteiger charge is 2.36. The van der Waals surface area contributed by atoms with Crippen LogP contribution in [-0.4, -0.2) is 23.3 Å². The molecule has 0 bridgehead atoms. The van der Waals surface area contributed by atoms with Gasteiger partial charge in [-0.2, -0.15) is 18.7 Å². The number of carboxylic acids is 1. The molecule has 3 rings (SSSR count). The minimum absolute atomic E-state index is 0.0506. The second-order valence-electron chi connectivity index (χ2n) is 5.59. The van der Waals surface area contributed by atoms with Crippen molar-refractivity contribution in [1.82, 2.24) is 16.4 Å². The van der Waals surface area contributed by atoms with Crippen molar-refractivity contribution in [2.24, 2.45) is 0 Å². The predicted molar refractivity (Wildman–Crippen MR) is 89.1 cm³/mol. The van der Waals surface area contributed by atoms with Gasteiger partial charge < -0.3 is 9.84 Å². The third kappa shape index (κ3) is 4.57. The molecule has 0 saturated carbocycles. The standard InChI is InChI=1S/C18H14F3N3O3/c19-18(20,21)14-9-8-13(27-16-15(17(25)26)22-24-23-16)10-12(14)7-6-11-4-2-1-3-5-11/h1-5,8-10,15-16,22-24H,(H,25,26). The van der Waals surface area contributed by atoms with Gasteiger partial charge in [-0.15, -0.1) is 0 Å². The van der Waals surface area contributed by atoms with Crippen molar-refractivity contribution >= 4 is 5.97 Å². The molecule has 1 saturated heterocycles. The highest BCUT2D eigenvalue weighted by molar-refractivity contribution is 5.74. The minimum Gasteiger partial charge on any atom is -0.480 e. The van der Waals surface area contributed by atoms with Crippen molar-refractivity contribution < 1.29 is 27.8 Å². The van der Waals surface area contributed by atoms with Crippen molar-refractivity contribution in [3.63, 3.8) is 0 Å². The zero-order valence-corrected chi connectivity index (χ0v) is 13.7. The lowest BCUT2D eigenvalue weighted by Crippen LogP contribution is -2.44. The summed E-state index contributed by atoms with van der Waals surface area (Å²) in [6, 6.07) is 10.6. The van der Waals surface area contributed by atoms with Crippen LogP contribution in [0.1, 0.15) is 16.7 Å². The first-order valence-corrected chi connectivity index (χ1v) is 7.78. The number of aliphatic carboxylic acids is 1. The third-order valence-electron chi connectivity index (χ3n) is 3.69. The summed E-state index contributed by atoms with van der Waals surface area (Å²) in [4.78, 5) is 11.1. The molecular weight excluding hydrogens is 363 g/mol. The maximum absolute atomic E-state index is 13.3. The van der Waals surface area contributed by atoms with Crippen molar-refractivity contribution in [3.05, 3.63) is 65.2 Å². The molecule has 0 aliphatic carbocycles. The zero-order chi connectivity index (χ0) is 19.4. The maximum atomic E-state index is 13.3. The monoisotopic (exact) mass is 377 g/mol. The highest BCUT2D eigenvalue weighted by atomic mass is 19.4. The molecule has 0 spiro atoms. The van der Waals surface area contributed by atoms with Gasteiger partial charge in [-0.25, -0.2) is 10.9 Å². The molecule has 0 aromatic heterocycles. The smallest absolute Gasteiger partial charge is 0.417 e. The lowest BCUT2D eigenvalue weighted by atomic mass is 10.1. The summed E-state index contributed by atoms with van der Waals surface area (Å²) in [6.45, 7) is 0. The quantitative estimate of drug-likeness (QED) is 0.612. The molecule has 6 nitrogen and oxygen atoms in total. The van der Waals surface area contributed by atoms with Crippen molar-refractivity contribution in [2.45, 2.75) is 18.4 Å². The molecular formula is C18H14F3N3O3. The van der Waals surface area contributed by atoms with Gasteiger partial charge >= 0.3 is 12.1 Å². The third-order valence-corrected chi connectivity index (χ3v) is 3.69. The van der Waals surface area contributed by atoms with Gasteiger partial charge in [0.2, 0.25) is 0 Å². The van der Waals surface area contributed by atoms with Crippen LogP contribution in [0.5, 0.6) is 5.75 Å². The molecule has 2 aromatic rings. The van der Waals surface area contributed by atoms with Crippen molar-refractivity contribution in [3.8, 4) is 17.6 Å². The Hall–Kier alpha value is -3.06. The second kappa shape index (κ2) is 7.67. The zero-order valence-electron chi connectivity index (χ0n) is 13.7. The van der Waals surface area contributed by atoms with Gasteiger partial charge in [0.1, 0.15) is 5.75 Å². The van der Waals surface area contributed by atoms with Crippen LogP contribution in [-0.2, 0) is 11.0 Å². The average molecular weight is 377 g/mol. The summed E-state index contributed by atoms with van der Waals surface area (Å²) in [5.41, 5.74) is 6.77. The summed E-state index contributed by atoms with van der Waals surface area (Å²) in [7, 11) is 0. The van der Waals surface area contributed by atoms with Crippen molar-refractivity contribution in [1.29, 1.82) is 0 Å². The summed E-state index contributed by atoms with van der Waals surface area (Å²) in [6.07, 6.45) is -5.61. The lowest BCUT2D eigenvalue weighted by molar-refractivity contribution is -0.141. The van der Waals surface area contributed by atoms with Crippen LogP contribution in [0.4, 0.5) is 13.2 Å². The van der Waals surface area contributed by atoms with Gasteiger partial charge in [-0.3, -0.25) is 4.79 Å². The molecule has 2 aromatic carbocycles. The number of carboxylic acid groups (broad SMARTS) is 1. The molecule has 1 heterocycles. The van der Waals surface area contributed by atoms with Crippen LogP contribution < -0.4 is 21.1 Å². The van der Waals surface area contributed by atoms with Gasteiger partial charge in [0, 0.05) is 11.1 Å². The van der Waals surface area contributed by atoms with E-state index in [0.717, 1.165) is 18.2 Å². The average Bonchev–Trinajstić information content (AvgIpc) is 3.08. The van der Waals surface area contributed by atoms with Crippen LogP contribution >= 0.6 is 0 Å². The Morgan fingerprint density at radius 2 is 1.81 bits per heavy atom. The first-order chi connectivity index (χ1) is 12.8. The number of nitrogens with one attached hydrogen (secondary N) is 3. The lowest BCUT2D eigenvalue weighted by Gasteiger charge is -2.17. The number of hydrazine groups is 2. The number of ether oxygens (including phenoxy) is 1. The Kier molecular flexibility index (Phi) is 5.32. The summed E-state index contributed by atoms with van der Waals surface area (Å²) < 4.78 is 45.2. The van der Waals surface area contributed by atoms with E-state index in [-0.39, 0.29) is 11.3 Å². The maximum Gasteiger partial charge on any atom is 0.417 e. The van der Waals surface area contributed by atoms with E-state index in [2.05, 4.69) is 28.2 Å². The molecule has 9 heteroatoms. The van der Waals surface area contributed by atoms with E-state index in [0.29, 0.717) is 5.56 Å². The molecule has 140 valence electrons. The van der Waals surface area contributed by atoms with E-state index in [1.807, 2.05) is 0 Å². The Bertz CT molecular complexity index is 891. The summed E-state index contributed by atoms with van der Waals surface area (Å²) in [5.74, 6) is 4.06. The van der Waals surface area contributed by atoms with Gasteiger partial charge in [0.25, 0.3) is 0 Å². The molecule has 0 radical (unpaired) electrons. The number of hydrogen-bond donors (Lipinski definition) is 4. The molecule has 0 amide bonds. The first kappa shape index (κ1) is 18.7. The van der Waals surface area contributed by atoms with Crippen molar-refractivity contribution in [2.75, 3.05) is 0 Å². The van der Waals surface area contributed by atoms with E-state index in [1.165, 1.54) is 0 Å². The fraction of sp³-hybridized carbons (Fsp3) is 0.167. The number of rotatable bonds is 3. The van der Waals surface area contributed by atoms with E-state index in [9.17, 15) is 18.0 Å². The Morgan fingerprint density at radius 1 is 1.07 bits per heavy atom. The van der Waals surface area contributed by atoms with Gasteiger partial charge in [0.05, 0.1) is 5.56 Å². The van der Waals surface area contributed by atoms with E-state index >= 15 is 0 Å². The Balaban J connectivity index is 1.92. The first-order valence-electron chi connectivity index (χ1n) is 7.78. The van der Waals surface area contributed by atoms with Crippen LogP contribution in [0.2, 0.25) is 0 Å². The molecule has 4 N–H and O–H groups in total. The molecule has 1 fully saturated rings. The number of hydrogen-bond acceptors (Lipinski definition) is 5. The number of alkyl halides is 3. The summed E-state index contributed by atoms with van der Waals surface area (Å²) >= 11 is 0. The van der Waals surface area contributed by atoms with Gasteiger partial charge in [-0.1, -0.05) is 30.0 Å². The van der Waals surface area contributed by atoms with Gasteiger partial charge in [-0.05, 0) is 30.3 Å². The molecule has 1 aliphatic rings. The van der Waals surface area contributed by atoms with Crippen LogP contribution in [0.25, 0.3) is 0 Å². The van der Waals surface area contributed by atoms with Crippen LogP contribution in [0.15, 0.2) is 48.5 Å². The Labute approximate surface area is 152 Å². The minimum atomic E-state index is -4.59. The second-order valence-corrected chi connectivity index (χ2v) is 5.59. The van der Waals surface area contributed by atoms with Crippen LogP contribution in [0.3, 0.4) is 0 Å².